The highest BCUT2D eigenvalue weighted by Gasteiger charge is 2.11. The highest BCUT2D eigenvalue weighted by Crippen LogP contribution is 2.24. The molecule has 1 heteroatoms. The van der Waals surface area contributed by atoms with Crippen molar-refractivity contribution >= 4 is 0 Å². The normalized spacial score (nSPS) is 10.5. The molecule has 0 fully saturated rings. The summed E-state index contributed by atoms with van der Waals surface area (Å²) in [4.78, 5) is 0. The Kier molecular flexibility index (Phi) is 3.15. The molecule has 0 N–H and O–H groups in total. The molecule has 3 radical (unpaired) electrons. The van der Waals surface area contributed by atoms with Crippen molar-refractivity contribution < 1.29 is 4.74 Å². The average molecular weight is 195 g/mol. The molecule has 0 bridgehead atoms. The van der Waals surface area contributed by atoms with Gasteiger partial charge in [-0.2, -0.15) is 0 Å². The Morgan fingerprint density at radius 1 is 0.733 bits per heavy atom. The SMILES string of the molecule is [C]OC(c1ccccc1)c1ccccc1. The second-order valence-electron chi connectivity index (χ2n) is 3.32. The Bertz CT molecular complexity index is 355. The molecule has 0 amide bonds. The topological polar surface area (TPSA) is 9.23 Å². The molecule has 2 aromatic rings. The summed E-state index contributed by atoms with van der Waals surface area (Å²) in [5.74, 6) is 0. The predicted molar refractivity (Wildman–Crippen MR) is 59.1 cm³/mol. The maximum absolute atomic E-state index is 7.13. The molecule has 0 aliphatic rings. The van der Waals surface area contributed by atoms with Gasteiger partial charge in [0, 0.05) is 0 Å². The molecular weight excluding hydrogens is 184 g/mol. The molecule has 1 nitrogen and oxygen atoms in total. The molecule has 0 spiro atoms. The molecule has 2 aromatic carbocycles. The number of hydrogen-bond donors (Lipinski definition) is 0. The second kappa shape index (κ2) is 4.76. The Balaban J connectivity index is 2.34. The van der Waals surface area contributed by atoms with E-state index in [1.54, 1.807) is 0 Å². The summed E-state index contributed by atoms with van der Waals surface area (Å²) < 4.78 is 4.77. The molecule has 0 saturated carbocycles. The van der Waals surface area contributed by atoms with Crippen LogP contribution in [0.1, 0.15) is 17.2 Å². The minimum Gasteiger partial charge on any atom is -0.352 e. The Hall–Kier alpha value is -1.60. The highest BCUT2D eigenvalue weighted by molar-refractivity contribution is 5.29. The van der Waals surface area contributed by atoms with Gasteiger partial charge in [-0.3, -0.25) is 0 Å². The van der Waals surface area contributed by atoms with Crippen molar-refractivity contribution in [3.05, 3.63) is 78.9 Å². The lowest BCUT2D eigenvalue weighted by atomic mass is 10.0. The minimum atomic E-state index is -0.299. The van der Waals surface area contributed by atoms with Crippen LogP contribution >= 0.6 is 0 Å². The van der Waals surface area contributed by atoms with Crippen LogP contribution in [0.25, 0.3) is 0 Å². The van der Waals surface area contributed by atoms with Crippen molar-refractivity contribution in [2.24, 2.45) is 0 Å². The van der Waals surface area contributed by atoms with Gasteiger partial charge >= 0.3 is 0 Å². The first-order valence-electron chi connectivity index (χ1n) is 4.84. The van der Waals surface area contributed by atoms with Crippen molar-refractivity contribution in [3.63, 3.8) is 0 Å². The minimum absolute atomic E-state index is 0.299. The molecule has 0 aliphatic carbocycles. The molecule has 73 valence electrons. The summed E-state index contributed by atoms with van der Waals surface area (Å²) in [6.45, 7) is 0. The lowest BCUT2D eigenvalue weighted by Gasteiger charge is -2.15. The standard InChI is InChI=1S/C14H11O/c1-15-14(12-8-4-2-5-9-12)13-10-6-3-7-11-13/h2-11,14H. The van der Waals surface area contributed by atoms with Gasteiger partial charge in [0.15, 0.2) is 7.11 Å². The molecule has 0 aliphatic heterocycles. The summed E-state index contributed by atoms with van der Waals surface area (Å²) in [7, 11) is 7.13. The van der Waals surface area contributed by atoms with Crippen LogP contribution in [-0.2, 0) is 4.74 Å². The molecule has 0 atom stereocenters. The van der Waals surface area contributed by atoms with Gasteiger partial charge in [0.1, 0.15) is 6.10 Å². The van der Waals surface area contributed by atoms with Crippen LogP contribution < -0.4 is 0 Å². The van der Waals surface area contributed by atoms with Crippen molar-refractivity contribution in [2.75, 3.05) is 0 Å². The van der Waals surface area contributed by atoms with E-state index in [0.29, 0.717) is 0 Å². The summed E-state index contributed by atoms with van der Waals surface area (Å²) in [6.07, 6.45) is -0.299. The third kappa shape index (κ3) is 2.25. The summed E-state index contributed by atoms with van der Waals surface area (Å²) >= 11 is 0. The quantitative estimate of drug-likeness (QED) is 0.729. The lowest BCUT2D eigenvalue weighted by Crippen LogP contribution is -2.01. The number of rotatable bonds is 3. The van der Waals surface area contributed by atoms with E-state index in [4.69, 9.17) is 11.8 Å². The van der Waals surface area contributed by atoms with Gasteiger partial charge in [0.05, 0.1) is 0 Å². The fourth-order valence-electron chi connectivity index (χ4n) is 1.58. The zero-order chi connectivity index (χ0) is 10.5. The van der Waals surface area contributed by atoms with Crippen LogP contribution in [-0.4, -0.2) is 0 Å². The molecule has 0 saturated heterocycles. The Morgan fingerprint density at radius 3 is 1.47 bits per heavy atom. The van der Waals surface area contributed by atoms with Crippen molar-refractivity contribution in [3.8, 4) is 0 Å². The molecule has 0 aromatic heterocycles. The fourth-order valence-corrected chi connectivity index (χ4v) is 1.58. The van der Waals surface area contributed by atoms with Gasteiger partial charge in [-0.25, -0.2) is 0 Å². The van der Waals surface area contributed by atoms with E-state index in [0.717, 1.165) is 11.1 Å². The molecular formula is C14H11O. The van der Waals surface area contributed by atoms with Gasteiger partial charge in [-0.05, 0) is 11.1 Å². The van der Waals surface area contributed by atoms with E-state index >= 15 is 0 Å². The van der Waals surface area contributed by atoms with Crippen LogP contribution in [0.15, 0.2) is 60.7 Å². The number of benzene rings is 2. The molecule has 2 rings (SSSR count). The van der Waals surface area contributed by atoms with E-state index in [1.165, 1.54) is 0 Å². The monoisotopic (exact) mass is 195 g/mol. The average Bonchev–Trinajstić information content (AvgIpc) is 2.33. The van der Waals surface area contributed by atoms with Crippen LogP contribution in [0.4, 0.5) is 0 Å². The third-order valence-electron chi connectivity index (χ3n) is 2.32. The smallest absolute Gasteiger partial charge is 0.174 e. The lowest BCUT2D eigenvalue weighted by molar-refractivity contribution is 0.176. The van der Waals surface area contributed by atoms with E-state index in [2.05, 4.69) is 0 Å². The number of ether oxygens (including phenoxy) is 1. The van der Waals surface area contributed by atoms with Gasteiger partial charge in [-0.1, -0.05) is 60.7 Å². The van der Waals surface area contributed by atoms with Crippen LogP contribution in [0, 0.1) is 7.11 Å². The zero-order valence-electron chi connectivity index (χ0n) is 8.26. The van der Waals surface area contributed by atoms with Crippen molar-refractivity contribution in [1.29, 1.82) is 0 Å². The van der Waals surface area contributed by atoms with E-state index in [-0.39, 0.29) is 6.10 Å². The second-order valence-corrected chi connectivity index (χ2v) is 3.32. The maximum Gasteiger partial charge on any atom is 0.174 e. The van der Waals surface area contributed by atoms with Crippen molar-refractivity contribution in [1.82, 2.24) is 0 Å². The molecule has 0 heterocycles. The van der Waals surface area contributed by atoms with Gasteiger partial charge in [0.25, 0.3) is 0 Å². The summed E-state index contributed by atoms with van der Waals surface area (Å²) in [6, 6.07) is 19.6. The van der Waals surface area contributed by atoms with Crippen LogP contribution in [0.5, 0.6) is 0 Å². The Labute approximate surface area is 90.3 Å². The van der Waals surface area contributed by atoms with E-state index in [9.17, 15) is 0 Å². The zero-order valence-corrected chi connectivity index (χ0v) is 8.26. The van der Waals surface area contributed by atoms with Crippen LogP contribution in [0.2, 0.25) is 0 Å². The Morgan fingerprint density at radius 2 is 1.13 bits per heavy atom. The van der Waals surface area contributed by atoms with Gasteiger partial charge in [0.2, 0.25) is 0 Å². The number of hydrogen-bond acceptors (Lipinski definition) is 1. The first-order valence-corrected chi connectivity index (χ1v) is 4.84. The highest BCUT2D eigenvalue weighted by atomic mass is 16.5. The third-order valence-corrected chi connectivity index (χ3v) is 2.32. The van der Waals surface area contributed by atoms with Gasteiger partial charge < -0.3 is 4.74 Å². The first kappa shape index (κ1) is 9.94. The van der Waals surface area contributed by atoms with Crippen molar-refractivity contribution in [2.45, 2.75) is 6.10 Å². The summed E-state index contributed by atoms with van der Waals surface area (Å²) in [5.41, 5.74) is 2.00. The van der Waals surface area contributed by atoms with E-state index < -0.39 is 0 Å². The first-order chi connectivity index (χ1) is 7.42. The molecule has 15 heavy (non-hydrogen) atoms. The fraction of sp³-hybridized carbons (Fsp3) is 0.0714. The van der Waals surface area contributed by atoms with Gasteiger partial charge in [-0.15, -0.1) is 0 Å². The molecule has 0 unspecified atom stereocenters. The van der Waals surface area contributed by atoms with E-state index in [1.807, 2.05) is 60.7 Å². The predicted octanol–water partition coefficient (Wildman–Crippen LogP) is 3.34. The summed E-state index contributed by atoms with van der Waals surface area (Å²) in [5, 5.41) is 0. The largest absolute Gasteiger partial charge is 0.352 e. The maximum atomic E-state index is 7.13. The van der Waals surface area contributed by atoms with Crippen LogP contribution in [0.3, 0.4) is 0 Å².